The number of halogens is 1. The molecule has 0 bridgehead atoms. The number of allylic oxidation sites excluding steroid dienone is 10. The Balaban J connectivity index is 3.27. The molecule has 1 aliphatic carbocycles. The Morgan fingerprint density at radius 1 is 1.24 bits per heavy atom. The van der Waals surface area contributed by atoms with Crippen molar-refractivity contribution >= 4 is 0 Å². The maximum atomic E-state index is 14.3. The standard InChI is InChI=1S/C20H29F/c1-7-8-9-10-17(14-20(5,6)15(2)3)18-12-11-16(4)13-19(18)21/h7-10,13-15H,11-12H2,1-6H3/b8-7-,10-9-,17-14-. The largest absolute Gasteiger partial charge is 0.207 e. The first kappa shape index (κ1) is 17.7. The quantitative estimate of drug-likeness (QED) is 0.494. The zero-order valence-electron chi connectivity index (χ0n) is 14.3. The smallest absolute Gasteiger partial charge is 0.126 e. The van der Waals surface area contributed by atoms with Crippen LogP contribution in [0.15, 0.2) is 59.0 Å². The molecule has 0 fully saturated rings. The van der Waals surface area contributed by atoms with E-state index in [0.717, 1.165) is 29.6 Å². The van der Waals surface area contributed by atoms with Gasteiger partial charge in [0.15, 0.2) is 0 Å². The molecule has 0 saturated carbocycles. The summed E-state index contributed by atoms with van der Waals surface area (Å²) < 4.78 is 14.3. The summed E-state index contributed by atoms with van der Waals surface area (Å²) in [5, 5.41) is 0. The van der Waals surface area contributed by atoms with Crippen molar-refractivity contribution in [1.29, 1.82) is 0 Å². The summed E-state index contributed by atoms with van der Waals surface area (Å²) in [6.07, 6.45) is 13.6. The Morgan fingerprint density at radius 2 is 1.90 bits per heavy atom. The van der Waals surface area contributed by atoms with E-state index >= 15 is 0 Å². The van der Waals surface area contributed by atoms with Crippen LogP contribution >= 0.6 is 0 Å². The second-order valence-corrected chi connectivity index (χ2v) is 6.78. The minimum atomic E-state index is -0.0744. The van der Waals surface area contributed by atoms with Gasteiger partial charge >= 0.3 is 0 Å². The molecule has 0 heterocycles. The first-order valence-electron chi connectivity index (χ1n) is 7.86. The third-order valence-corrected chi connectivity index (χ3v) is 4.37. The maximum absolute atomic E-state index is 14.3. The molecule has 0 atom stereocenters. The van der Waals surface area contributed by atoms with E-state index in [-0.39, 0.29) is 11.2 Å². The van der Waals surface area contributed by atoms with Crippen molar-refractivity contribution < 1.29 is 4.39 Å². The Bertz CT molecular complexity index is 508. The average Bonchev–Trinajstić information content (AvgIpc) is 2.37. The fourth-order valence-electron chi connectivity index (χ4n) is 2.17. The lowest BCUT2D eigenvalue weighted by Gasteiger charge is -2.27. The van der Waals surface area contributed by atoms with Crippen molar-refractivity contribution in [3.05, 3.63) is 59.0 Å². The van der Waals surface area contributed by atoms with Crippen molar-refractivity contribution in [3.8, 4) is 0 Å². The molecule has 0 saturated heterocycles. The minimum Gasteiger partial charge on any atom is -0.207 e. The van der Waals surface area contributed by atoms with Crippen LogP contribution in [0.4, 0.5) is 4.39 Å². The van der Waals surface area contributed by atoms with Crippen molar-refractivity contribution in [1.82, 2.24) is 0 Å². The maximum Gasteiger partial charge on any atom is 0.126 e. The van der Waals surface area contributed by atoms with Crippen molar-refractivity contribution in [2.24, 2.45) is 11.3 Å². The van der Waals surface area contributed by atoms with E-state index in [1.54, 1.807) is 6.08 Å². The summed E-state index contributed by atoms with van der Waals surface area (Å²) >= 11 is 0. The highest BCUT2D eigenvalue weighted by molar-refractivity contribution is 5.48. The normalized spacial score (nSPS) is 18.3. The van der Waals surface area contributed by atoms with Crippen LogP contribution < -0.4 is 0 Å². The topological polar surface area (TPSA) is 0 Å². The summed E-state index contributed by atoms with van der Waals surface area (Å²) in [7, 11) is 0. The van der Waals surface area contributed by atoms with E-state index in [1.165, 1.54) is 0 Å². The second-order valence-electron chi connectivity index (χ2n) is 6.78. The van der Waals surface area contributed by atoms with Gasteiger partial charge in [0.25, 0.3) is 0 Å². The predicted octanol–water partition coefficient (Wildman–Crippen LogP) is 6.69. The van der Waals surface area contributed by atoms with Gasteiger partial charge in [0.2, 0.25) is 0 Å². The average molecular weight is 288 g/mol. The monoisotopic (exact) mass is 288 g/mol. The van der Waals surface area contributed by atoms with E-state index in [9.17, 15) is 4.39 Å². The lowest BCUT2D eigenvalue weighted by atomic mass is 9.78. The Kier molecular flexibility index (Phi) is 6.39. The van der Waals surface area contributed by atoms with E-state index in [4.69, 9.17) is 0 Å². The molecule has 116 valence electrons. The third-order valence-electron chi connectivity index (χ3n) is 4.37. The first-order valence-corrected chi connectivity index (χ1v) is 7.86. The number of hydrogen-bond acceptors (Lipinski definition) is 0. The van der Waals surface area contributed by atoms with Crippen LogP contribution in [-0.4, -0.2) is 0 Å². The van der Waals surface area contributed by atoms with Crippen molar-refractivity contribution in [2.45, 2.75) is 54.4 Å². The molecule has 1 aliphatic rings. The van der Waals surface area contributed by atoms with Gasteiger partial charge in [0.1, 0.15) is 5.83 Å². The molecule has 0 N–H and O–H groups in total. The molecule has 0 nitrogen and oxygen atoms in total. The van der Waals surface area contributed by atoms with Crippen LogP contribution in [0.5, 0.6) is 0 Å². The lowest BCUT2D eigenvalue weighted by Crippen LogP contribution is -2.17. The molecule has 0 unspecified atom stereocenters. The molecule has 1 rings (SSSR count). The molecule has 0 aromatic carbocycles. The van der Waals surface area contributed by atoms with Crippen molar-refractivity contribution in [2.75, 3.05) is 0 Å². The van der Waals surface area contributed by atoms with E-state index in [0.29, 0.717) is 5.92 Å². The van der Waals surface area contributed by atoms with Gasteiger partial charge in [0.05, 0.1) is 0 Å². The van der Waals surface area contributed by atoms with Gasteiger partial charge in [-0.25, -0.2) is 4.39 Å². The fourth-order valence-corrected chi connectivity index (χ4v) is 2.17. The molecule has 0 amide bonds. The molecule has 21 heavy (non-hydrogen) atoms. The zero-order chi connectivity index (χ0) is 16.0. The van der Waals surface area contributed by atoms with Gasteiger partial charge in [0, 0.05) is 0 Å². The summed E-state index contributed by atoms with van der Waals surface area (Å²) in [6.45, 7) is 12.8. The molecule has 0 spiro atoms. The lowest BCUT2D eigenvalue weighted by molar-refractivity contribution is 0.332. The molecule has 0 radical (unpaired) electrons. The number of hydrogen-bond donors (Lipinski definition) is 0. The molecule has 0 aromatic heterocycles. The highest BCUT2D eigenvalue weighted by atomic mass is 19.1. The summed E-state index contributed by atoms with van der Waals surface area (Å²) in [5.74, 6) is 0.432. The fraction of sp³-hybridized carbons (Fsp3) is 0.500. The summed E-state index contributed by atoms with van der Waals surface area (Å²) in [5.41, 5.74) is 3.03. The van der Waals surface area contributed by atoms with Gasteiger partial charge in [-0.05, 0) is 55.2 Å². The van der Waals surface area contributed by atoms with E-state index in [2.05, 4.69) is 33.8 Å². The Hall–Kier alpha value is -1.37. The molecule has 0 aliphatic heterocycles. The van der Waals surface area contributed by atoms with Crippen LogP contribution in [0.1, 0.15) is 54.4 Å². The highest BCUT2D eigenvalue weighted by Crippen LogP contribution is 2.35. The number of rotatable bonds is 5. The van der Waals surface area contributed by atoms with Gasteiger partial charge in [-0.2, -0.15) is 0 Å². The van der Waals surface area contributed by atoms with Crippen LogP contribution in [0.3, 0.4) is 0 Å². The van der Waals surface area contributed by atoms with E-state index < -0.39 is 0 Å². The minimum absolute atomic E-state index is 0.0408. The molecule has 1 heteroatoms. The predicted molar refractivity (Wildman–Crippen MR) is 91.8 cm³/mol. The Labute approximate surface area is 129 Å². The van der Waals surface area contributed by atoms with Crippen LogP contribution in [-0.2, 0) is 0 Å². The van der Waals surface area contributed by atoms with Crippen LogP contribution in [0, 0.1) is 11.3 Å². The summed E-state index contributed by atoms with van der Waals surface area (Å²) in [4.78, 5) is 0. The van der Waals surface area contributed by atoms with Crippen LogP contribution in [0.2, 0.25) is 0 Å². The molecular weight excluding hydrogens is 259 g/mol. The van der Waals surface area contributed by atoms with E-state index in [1.807, 2.05) is 38.2 Å². The third kappa shape index (κ3) is 5.15. The second kappa shape index (κ2) is 7.59. The first-order chi connectivity index (χ1) is 9.77. The van der Waals surface area contributed by atoms with Gasteiger partial charge in [-0.15, -0.1) is 0 Å². The van der Waals surface area contributed by atoms with Gasteiger partial charge in [-0.1, -0.05) is 63.6 Å². The van der Waals surface area contributed by atoms with Gasteiger partial charge < -0.3 is 0 Å². The zero-order valence-corrected chi connectivity index (χ0v) is 14.3. The van der Waals surface area contributed by atoms with Crippen LogP contribution in [0.25, 0.3) is 0 Å². The Morgan fingerprint density at radius 3 is 2.43 bits per heavy atom. The molecule has 0 aromatic rings. The van der Waals surface area contributed by atoms with Crippen molar-refractivity contribution in [3.63, 3.8) is 0 Å². The highest BCUT2D eigenvalue weighted by Gasteiger charge is 2.22. The summed E-state index contributed by atoms with van der Waals surface area (Å²) in [6, 6.07) is 0. The SMILES string of the molecule is C\C=C/C=C\C(=C\C(C)(C)C(C)C)C1=C(F)C=C(C)CC1. The molecular formula is C20H29F. The van der Waals surface area contributed by atoms with Gasteiger partial charge in [-0.3, -0.25) is 0 Å².